The van der Waals surface area contributed by atoms with E-state index >= 15 is 0 Å². The predicted molar refractivity (Wildman–Crippen MR) is 50.6 cm³/mol. The fraction of sp³-hybridized carbons (Fsp3) is 0.500. The van der Waals surface area contributed by atoms with E-state index in [1.807, 2.05) is 18.3 Å². The maximum atomic E-state index is 11.9. The third-order valence-corrected chi connectivity index (χ3v) is 2.81. The number of hydrogen-bond acceptors (Lipinski definition) is 2. The highest BCUT2D eigenvalue weighted by Gasteiger charge is 2.32. The van der Waals surface area contributed by atoms with Crippen LogP contribution in [0.25, 0.3) is 0 Å². The van der Waals surface area contributed by atoms with Crippen molar-refractivity contribution in [3.05, 3.63) is 35.3 Å². The van der Waals surface area contributed by atoms with Crippen molar-refractivity contribution in [2.45, 2.75) is 18.9 Å². The molecule has 1 fully saturated rings. The topological polar surface area (TPSA) is 36.0 Å². The van der Waals surface area contributed by atoms with E-state index < -0.39 is 0 Å². The maximum absolute atomic E-state index is 11.9. The minimum atomic E-state index is -0.133. The van der Waals surface area contributed by atoms with Crippen molar-refractivity contribution in [2.24, 2.45) is 0 Å². The first-order valence-corrected chi connectivity index (χ1v) is 4.66. The first-order chi connectivity index (χ1) is 6.20. The van der Waals surface area contributed by atoms with E-state index in [4.69, 9.17) is 0 Å². The molecule has 2 rings (SSSR count). The second-order valence-corrected chi connectivity index (χ2v) is 3.84. The Morgan fingerprint density at radius 3 is 3.00 bits per heavy atom. The van der Waals surface area contributed by atoms with Gasteiger partial charge in [0.15, 0.2) is 0 Å². The van der Waals surface area contributed by atoms with Crippen LogP contribution in [0.4, 0.5) is 0 Å². The molecular formula is C10H14N2O. The summed E-state index contributed by atoms with van der Waals surface area (Å²) >= 11 is 0. The minimum Gasteiger partial charge on any atom is -0.633 e. The van der Waals surface area contributed by atoms with Crippen LogP contribution in [0.5, 0.6) is 0 Å². The molecule has 3 heteroatoms. The Balaban J connectivity index is 2.27. The van der Waals surface area contributed by atoms with Crippen molar-refractivity contribution in [2.75, 3.05) is 13.6 Å². The van der Waals surface area contributed by atoms with Crippen LogP contribution in [0.1, 0.15) is 24.4 Å². The molecule has 0 N–H and O–H groups in total. The van der Waals surface area contributed by atoms with Gasteiger partial charge in [0.1, 0.15) is 6.04 Å². The molecule has 1 aliphatic heterocycles. The van der Waals surface area contributed by atoms with Crippen molar-refractivity contribution in [3.8, 4) is 0 Å². The summed E-state index contributed by atoms with van der Waals surface area (Å²) in [4.78, 5) is 4.05. The van der Waals surface area contributed by atoms with Crippen molar-refractivity contribution in [3.63, 3.8) is 0 Å². The molecule has 0 amide bonds. The highest BCUT2D eigenvalue weighted by Crippen LogP contribution is 2.35. The monoisotopic (exact) mass is 178 g/mol. The van der Waals surface area contributed by atoms with E-state index in [1.54, 1.807) is 13.2 Å². The number of pyridine rings is 1. The third kappa shape index (κ3) is 1.57. The van der Waals surface area contributed by atoms with E-state index in [1.165, 1.54) is 0 Å². The quantitative estimate of drug-likeness (QED) is 0.486. The first-order valence-electron chi connectivity index (χ1n) is 4.66. The molecule has 1 aromatic heterocycles. The van der Waals surface area contributed by atoms with Gasteiger partial charge in [0.25, 0.3) is 0 Å². The van der Waals surface area contributed by atoms with Crippen LogP contribution in [0, 0.1) is 5.21 Å². The van der Waals surface area contributed by atoms with Gasteiger partial charge in [-0.3, -0.25) is 4.98 Å². The Morgan fingerprint density at radius 1 is 1.62 bits per heavy atom. The van der Waals surface area contributed by atoms with Gasteiger partial charge in [0.2, 0.25) is 0 Å². The SMILES string of the molecule is C[N@@+]1([O-])CCC[C@H]1c1cccnc1. The lowest BCUT2D eigenvalue weighted by molar-refractivity contribution is -0.878. The molecule has 1 aliphatic rings. The van der Waals surface area contributed by atoms with E-state index in [-0.39, 0.29) is 10.7 Å². The number of aromatic nitrogens is 1. The smallest absolute Gasteiger partial charge is 0.116 e. The van der Waals surface area contributed by atoms with Gasteiger partial charge in [-0.05, 0) is 6.07 Å². The molecule has 0 radical (unpaired) electrons. The van der Waals surface area contributed by atoms with Crippen molar-refractivity contribution >= 4 is 0 Å². The lowest BCUT2D eigenvalue weighted by Crippen LogP contribution is -2.36. The Hall–Kier alpha value is -0.930. The fourth-order valence-electron chi connectivity index (χ4n) is 2.08. The van der Waals surface area contributed by atoms with Gasteiger partial charge in [-0.25, -0.2) is 0 Å². The van der Waals surface area contributed by atoms with Crippen LogP contribution in [-0.4, -0.2) is 23.2 Å². The Kier molecular flexibility index (Phi) is 2.06. The van der Waals surface area contributed by atoms with Gasteiger partial charge in [0, 0.05) is 30.8 Å². The summed E-state index contributed by atoms with van der Waals surface area (Å²) in [7, 11) is 1.75. The van der Waals surface area contributed by atoms with E-state index in [0.29, 0.717) is 0 Å². The highest BCUT2D eigenvalue weighted by molar-refractivity contribution is 5.12. The van der Waals surface area contributed by atoms with Gasteiger partial charge < -0.3 is 9.85 Å². The molecule has 3 nitrogen and oxygen atoms in total. The summed E-state index contributed by atoms with van der Waals surface area (Å²) in [6, 6.07) is 4.00. The molecule has 1 aromatic rings. The summed E-state index contributed by atoms with van der Waals surface area (Å²) in [5.41, 5.74) is 1.08. The summed E-state index contributed by atoms with van der Waals surface area (Å²) in [5, 5.41) is 11.9. The van der Waals surface area contributed by atoms with Gasteiger partial charge in [-0.15, -0.1) is 0 Å². The molecule has 2 atom stereocenters. The summed E-state index contributed by atoms with van der Waals surface area (Å²) in [6.07, 6.45) is 5.57. The number of nitrogens with zero attached hydrogens (tertiary/aromatic N) is 2. The predicted octanol–water partition coefficient (Wildman–Crippen LogP) is 1.86. The van der Waals surface area contributed by atoms with Crippen molar-refractivity contribution < 1.29 is 4.65 Å². The van der Waals surface area contributed by atoms with Gasteiger partial charge >= 0.3 is 0 Å². The number of hydrogen-bond donors (Lipinski definition) is 0. The molecule has 0 saturated carbocycles. The van der Waals surface area contributed by atoms with Gasteiger partial charge in [-0.2, -0.15) is 0 Å². The zero-order valence-electron chi connectivity index (χ0n) is 7.81. The Labute approximate surface area is 78.2 Å². The highest BCUT2D eigenvalue weighted by atomic mass is 16.5. The molecular weight excluding hydrogens is 164 g/mol. The van der Waals surface area contributed by atoms with Crippen LogP contribution in [-0.2, 0) is 0 Å². The molecule has 2 heterocycles. The molecule has 0 spiro atoms. The lowest BCUT2D eigenvalue weighted by Gasteiger charge is -2.40. The lowest BCUT2D eigenvalue weighted by atomic mass is 10.1. The largest absolute Gasteiger partial charge is 0.633 e. The van der Waals surface area contributed by atoms with Crippen LogP contribution in [0.15, 0.2) is 24.5 Å². The Morgan fingerprint density at radius 2 is 2.46 bits per heavy atom. The molecule has 0 aromatic carbocycles. The molecule has 1 saturated heterocycles. The third-order valence-electron chi connectivity index (χ3n) is 2.81. The number of hydroxylamine groups is 3. The summed E-state index contributed by atoms with van der Waals surface area (Å²) in [6.45, 7) is 0.736. The fourth-order valence-corrected chi connectivity index (χ4v) is 2.08. The average Bonchev–Trinajstić information content (AvgIpc) is 2.47. The van der Waals surface area contributed by atoms with Gasteiger partial charge in [0.05, 0.1) is 13.6 Å². The Bertz CT molecular complexity index is 284. The van der Waals surface area contributed by atoms with Crippen LogP contribution < -0.4 is 0 Å². The molecule has 0 bridgehead atoms. The summed E-state index contributed by atoms with van der Waals surface area (Å²) < 4.78 is -0.133. The first kappa shape index (κ1) is 8.66. The average molecular weight is 178 g/mol. The van der Waals surface area contributed by atoms with E-state index in [2.05, 4.69) is 4.98 Å². The number of likely N-dealkylation sites (tertiary alicyclic amines) is 1. The minimum absolute atomic E-state index is 0.105. The van der Waals surface area contributed by atoms with Gasteiger partial charge in [-0.1, -0.05) is 6.07 Å². The van der Waals surface area contributed by atoms with Crippen LogP contribution in [0.2, 0.25) is 0 Å². The zero-order chi connectivity index (χ0) is 9.31. The molecule has 0 aliphatic carbocycles. The second-order valence-electron chi connectivity index (χ2n) is 3.84. The standard InChI is InChI=1S/C10H14N2O/c1-12(13)7-3-5-10(12)9-4-2-6-11-8-9/h2,4,6,8,10H,3,5,7H2,1H3/t10-,12+/m0/s1. The normalized spacial score (nSPS) is 33.5. The van der Waals surface area contributed by atoms with Crippen LogP contribution >= 0.6 is 0 Å². The zero-order valence-corrected chi connectivity index (χ0v) is 7.81. The van der Waals surface area contributed by atoms with E-state index in [9.17, 15) is 5.21 Å². The maximum Gasteiger partial charge on any atom is 0.116 e. The molecule has 13 heavy (non-hydrogen) atoms. The molecule has 0 unspecified atom stereocenters. The number of rotatable bonds is 1. The van der Waals surface area contributed by atoms with E-state index in [0.717, 1.165) is 24.9 Å². The summed E-state index contributed by atoms with van der Waals surface area (Å²) in [5.74, 6) is 0. The van der Waals surface area contributed by atoms with Crippen molar-refractivity contribution in [1.82, 2.24) is 4.98 Å². The van der Waals surface area contributed by atoms with Crippen LogP contribution in [0.3, 0.4) is 0 Å². The van der Waals surface area contributed by atoms with Crippen molar-refractivity contribution in [1.29, 1.82) is 0 Å². The molecule has 70 valence electrons. The second kappa shape index (κ2) is 3.09. The number of quaternary nitrogens is 1.